The van der Waals surface area contributed by atoms with Crippen molar-refractivity contribution in [2.24, 2.45) is 23.2 Å². The lowest BCUT2D eigenvalue weighted by Gasteiger charge is -2.52. The Kier molecular flexibility index (Phi) is 4.54. The molecule has 3 aliphatic carbocycles. The van der Waals surface area contributed by atoms with Crippen molar-refractivity contribution < 1.29 is 0 Å². The minimum atomic E-state index is 0.775. The second-order valence-electron chi connectivity index (χ2n) is 7.98. The molecule has 110 valence electrons. The Morgan fingerprint density at radius 2 is 1.21 bits per heavy atom. The summed E-state index contributed by atoms with van der Waals surface area (Å²) in [6.07, 6.45) is 21.6. The normalized spacial score (nSPS) is 42.2. The van der Waals surface area contributed by atoms with Gasteiger partial charge in [0.05, 0.1) is 0 Å². The van der Waals surface area contributed by atoms with Crippen LogP contribution in [0.5, 0.6) is 0 Å². The summed E-state index contributed by atoms with van der Waals surface area (Å²) < 4.78 is 0. The fourth-order valence-electron chi connectivity index (χ4n) is 6.07. The van der Waals surface area contributed by atoms with E-state index in [1.807, 2.05) is 0 Å². The van der Waals surface area contributed by atoms with Crippen molar-refractivity contribution in [1.82, 2.24) is 0 Å². The Bertz CT molecular complexity index is 276. The third-order valence-electron chi connectivity index (χ3n) is 7.13. The van der Waals surface area contributed by atoms with Gasteiger partial charge in [0.1, 0.15) is 0 Å². The molecule has 0 aromatic carbocycles. The Morgan fingerprint density at radius 1 is 0.632 bits per heavy atom. The van der Waals surface area contributed by atoms with E-state index in [1.54, 1.807) is 32.1 Å². The Labute approximate surface area is 120 Å². The molecule has 1 spiro atoms. The van der Waals surface area contributed by atoms with Gasteiger partial charge in [-0.05, 0) is 42.4 Å². The van der Waals surface area contributed by atoms with E-state index in [9.17, 15) is 0 Å². The van der Waals surface area contributed by atoms with Crippen LogP contribution in [-0.2, 0) is 0 Å². The van der Waals surface area contributed by atoms with Crippen LogP contribution in [0.25, 0.3) is 0 Å². The lowest BCUT2D eigenvalue weighted by Crippen LogP contribution is -2.43. The van der Waals surface area contributed by atoms with Gasteiger partial charge in [-0.1, -0.05) is 77.6 Å². The SMILES string of the molecule is CC1CCCCCC12CCCCC2C1CCCCC1. The summed E-state index contributed by atoms with van der Waals surface area (Å²) in [5.74, 6) is 3.23. The highest BCUT2D eigenvalue weighted by Gasteiger charge is 2.47. The van der Waals surface area contributed by atoms with Crippen LogP contribution in [-0.4, -0.2) is 0 Å². The smallest absolute Gasteiger partial charge is 0.0241 e. The fourth-order valence-corrected chi connectivity index (χ4v) is 6.07. The van der Waals surface area contributed by atoms with Gasteiger partial charge in [-0.3, -0.25) is 0 Å². The van der Waals surface area contributed by atoms with Gasteiger partial charge in [0, 0.05) is 0 Å². The standard InChI is InChI=1S/C19H34/c1-16-10-4-3-8-14-19(16)15-9-7-13-18(19)17-11-5-2-6-12-17/h16-18H,2-15H2,1H3. The van der Waals surface area contributed by atoms with Crippen LogP contribution >= 0.6 is 0 Å². The third-order valence-corrected chi connectivity index (χ3v) is 7.13. The highest BCUT2D eigenvalue weighted by molar-refractivity contribution is 4.97. The minimum absolute atomic E-state index is 0.775. The molecular weight excluding hydrogens is 228 g/mol. The maximum atomic E-state index is 2.62. The van der Waals surface area contributed by atoms with Gasteiger partial charge < -0.3 is 0 Å². The largest absolute Gasteiger partial charge is 0.0620 e. The van der Waals surface area contributed by atoms with Crippen LogP contribution in [0.3, 0.4) is 0 Å². The zero-order valence-electron chi connectivity index (χ0n) is 13.1. The van der Waals surface area contributed by atoms with Crippen molar-refractivity contribution in [3.05, 3.63) is 0 Å². The topological polar surface area (TPSA) is 0 Å². The summed E-state index contributed by atoms with van der Waals surface area (Å²) >= 11 is 0. The molecule has 0 bridgehead atoms. The molecule has 3 unspecified atom stereocenters. The first-order valence-electron chi connectivity index (χ1n) is 9.33. The average molecular weight is 262 g/mol. The molecule has 3 saturated carbocycles. The van der Waals surface area contributed by atoms with Gasteiger partial charge in [-0.2, -0.15) is 0 Å². The second kappa shape index (κ2) is 6.19. The molecule has 3 fully saturated rings. The lowest BCUT2D eigenvalue weighted by atomic mass is 9.53. The molecule has 19 heavy (non-hydrogen) atoms. The quantitative estimate of drug-likeness (QED) is 0.517. The number of hydrogen-bond acceptors (Lipinski definition) is 0. The first-order valence-corrected chi connectivity index (χ1v) is 9.33. The van der Waals surface area contributed by atoms with E-state index < -0.39 is 0 Å². The van der Waals surface area contributed by atoms with Crippen LogP contribution in [0.4, 0.5) is 0 Å². The molecule has 3 atom stereocenters. The zero-order chi connectivity index (χ0) is 13.1. The molecule has 0 amide bonds. The molecule has 0 heteroatoms. The highest BCUT2D eigenvalue weighted by atomic mass is 14.5. The van der Waals surface area contributed by atoms with Crippen molar-refractivity contribution >= 4 is 0 Å². The van der Waals surface area contributed by atoms with E-state index in [2.05, 4.69) is 6.92 Å². The summed E-state index contributed by atoms with van der Waals surface area (Å²) in [5, 5.41) is 0. The van der Waals surface area contributed by atoms with E-state index in [0.717, 1.165) is 23.2 Å². The van der Waals surface area contributed by atoms with Crippen molar-refractivity contribution in [2.45, 2.75) is 96.8 Å². The molecular formula is C19H34. The molecule has 0 saturated heterocycles. The van der Waals surface area contributed by atoms with Crippen LogP contribution in [0.1, 0.15) is 96.8 Å². The maximum absolute atomic E-state index is 2.62. The van der Waals surface area contributed by atoms with Gasteiger partial charge in [-0.15, -0.1) is 0 Å². The average Bonchev–Trinajstić information content (AvgIpc) is 2.64. The molecule has 0 nitrogen and oxygen atoms in total. The number of hydrogen-bond donors (Lipinski definition) is 0. The first kappa shape index (κ1) is 14.0. The van der Waals surface area contributed by atoms with E-state index in [0.29, 0.717) is 0 Å². The molecule has 0 aliphatic heterocycles. The lowest BCUT2D eigenvalue weighted by molar-refractivity contribution is -0.0206. The molecule has 0 N–H and O–H groups in total. The van der Waals surface area contributed by atoms with E-state index >= 15 is 0 Å². The number of rotatable bonds is 1. The van der Waals surface area contributed by atoms with Crippen LogP contribution in [0.2, 0.25) is 0 Å². The first-order chi connectivity index (χ1) is 9.33. The summed E-state index contributed by atoms with van der Waals surface area (Å²) in [6, 6.07) is 0. The highest BCUT2D eigenvalue weighted by Crippen LogP contribution is 2.57. The Hall–Kier alpha value is 0. The third kappa shape index (κ3) is 2.74. The molecule has 0 heterocycles. The fraction of sp³-hybridized carbons (Fsp3) is 1.00. The van der Waals surface area contributed by atoms with Crippen molar-refractivity contribution in [3.63, 3.8) is 0 Å². The Morgan fingerprint density at radius 3 is 2.00 bits per heavy atom. The predicted molar refractivity (Wildman–Crippen MR) is 83.2 cm³/mol. The molecule has 0 aromatic rings. The predicted octanol–water partition coefficient (Wildman–Crippen LogP) is 6.34. The summed E-state index contributed by atoms with van der Waals surface area (Å²) in [6.45, 7) is 2.62. The van der Waals surface area contributed by atoms with E-state index in [-0.39, 0.29) is 0 Å². The van der Waals surface area contributed by atoms with Crippen molar-refractivity contribution in [3.8, 4) is 0 Å². The molecule has 3 aliphatic rings. The van der Waals surface area contributed by atoms with Gasteiger partial charge >= 0.3 is 0 Å². The van der Waals surface area contributed by atoms with E-state index in [1.165, 1.54) is 57.8 Å². The van der Waals surface area contributed by atoms with Crippen molar-refractivity contribution in [1.29, 1.82) is 0 Å². The van der Waals surface area contributed by atoms with Gasteiger partial charge in [-0.25, -0.2) is 0 Å². The Balaban J connectivity index is 1.81. The van der Waals surface area contributed by atoms with Crippen LogP contribution in [0, 0.1) is 23.2 Å². The second-order valence-corrected chi connectivity index (χ2v) is 7.98. The molecule has 0 radical (unpaired) electrons. The molecule has 0 aromatic heterocycles. The maximum Gasteiger partial charge on any atom is -0.0241 e. The van der Waals surface area contributed by atoms with Crippen molar-refractivity contribution in [2.75, 3.05) is 0 Å². The van der Waals surface area contributed by atoms with Gasteiger partial charge in [0.2, 0.25) is 0 Å². The van der Waals surface area contributed by atoms with Crippen LogP contribution < -0.4 is 0 Å². The minimum Gasteiger partial charge on any atom is -0.0620 e. The van der Waals surface area contributed by atoms with Gasteiger partial charge in [0.25, 0.3) is 0 Å². The summed E-state index contributed by atoms with van der Waals surface area (Å²) in [5.41, 5.74) is 0.775. The van der Waals surface area contributed by atoms with Crippen LogP contribution in [0.15, 0.2) is 0 Å². The van der Waals surface area contributed by atoms with Gasteiger partial charge in [0.15, 0.2) is 0 Å². The molecule has 3 rings (SSSR count). The summed E-state index contributed by atoms with van der Waals surface area (Å²) in [4.78, 5) is 0. The monoisotopic (exact) mass is 262 g/mol. The van der Waals surface area contributed by atoms with E-state index in [4.69, 9.17) is 0 Å². The summed E-state index contributed by atoms with van der Waals surface area (Å²) in [7, 11) is 0. The zero-order valence-corrected chi connectivity index (χ0v) is 13.1.